The topological polar surface area (TPSA) is 44.4 Å². The Morgan fingerprint density at radius 2 is 2.05 bits per heavy atom. The summed E-state index contributed by atoms with van der Waals surface area (Å²) in [5, 5.41) is 6.62. The maximum absolute atomic E-state index is 12.0. The van der Waals surface area contributed by atoms with Gasteiger partial charge in [0, 0.05) is 44.2 Å². The van der Waals surface area contributed by atoms with Crippen LogP contribution in [0.1, 0.15) is 52.4 Å². The number of hydrogen-bond donors (Lipinski definition) is 2. The fraction of sp³-hybridized carbons (Fsp3) is 0.933. The zero-order chi connectivity index (χ0) is 13.7. The van der Waals surface area contributed by atoms with Crippen LogP contribution in [0.5, 0.6) is 0 Å². The Balaban J connectivity index is 1.70. The zero-order valence-electron chi connectivity index (χ0n) is 12.5. The fourth-order valence-electron chi connectivity index (χ4n) is 3.22. The van der Waals surface area contributed by atoms with E-state index in [0.29, 0.717) is 12.5 Å². The van der Waals surface area contributed by atoms with Gasteiger partial charge in [0.05, 0.1) is 0 Å². The highest BCUT2D eigenvalue weighted by Gasteiger charge is 2.29. The highest BCUT2D eigenvalue weighted by molar-refractivity contribution is 5.76. The molecule has 2 aliphatic rings. The second-order valence-corrected chi connectivity index (χ2v) is 6.63. The van der Waals surface area contributed by atoms with E-state index in [2.05, 4.69) is 29.4 Å². The molecule has 1 heterocycles. The normalized spacial score (nSPS) is 25.2. The van der Waals surface area contributed by atoms with Crippen LogP contribution in [0.3, 0.4) is 0 Å². The maximum Gasteiger partial charge on any atom is 0.221 e. The van der Waals surface area contributed by atoms with Crippen LogP contribution in [0.2, 0.25) is 0 Å². The molecule has 2 N–H and O–H groups in total. The Hall–Kier alpha value is -0.610. The molecule has 2 fully saturated rings. The van der Waals surface area contributed by atoms with E-state index in [9.17, 15) is 4.79 Å². The summed E-state index contributed by atoms with van der Waals surface area (Å²) in [4.78, 5) is 14.4. The van der Waals surface area contributed by atoms with Gasteiger partial charge in [0.1, 0.15) is 0 Å². The molecule has 1 amide bonds. The van der Waals surface area contributed by atoms with Gasteiger partial charge >= 0.3 is 0 Å². The third-order valence-electron chi connectivity index (χ3n) is 4.55. The minimum atomic E-state index is 0.170. The highest BCUT2D eigenvalue weighted by Crippen LogP contribution is 2.18. The number of piperazine rings is 1. The van der Waals surface area contributed by atoms with Gasteiger partial charge in [0.2, 0.25) is 5.91 Å². The van der Waals surface area contributed by atoms with Gasteiger partial charge in [0.15, 0.2) is 0 Å². The maximum atomic E-state index is 12.0. The van der Waals surface area contributed by atoms with Crippen molar-refractivity contribution in [2.24, 2.45) is 0 Å². The first-order chi connectivity index (χ1) is 9.08. The molecular formula is C15H29N3O. The van der Waals surface area contributed by atoms with Gasteiger partial charge in [-0.25, -0.2) is 0 Å². The van der Waals surface area contributed by atoms with E-state index in [1.165, 1.54) is 32.1 Å². The molecule has 0 bridgehead atoms. The van der Waals surface area contributed by atoms with E-state index in [0.717, 1.165) is 26.2 Å². The Labute approximate surface area is 117 Å². The monoisotopic (exact) mass is 267 g/mol. The van der Waals surface area contributed by atoms with Crippen molar-refractivity contribution >= 4 is 5.91 Å². The molecule has 0 atom stereocenters. The number of amides is 1. The lowest BCUT2D eigenvalue weighted by molar-refractivity contribution is -0.122. The number of carbonyl (C=O) groups is 1. The summed E-state index contributed by atoms with van der Waals surface area (Å²) in [6.07, 6.45) is 6.86. The molecule has 1 aliphatic heterocycles. The number of hydrogen-bond acceptors (Lipinski definition) is 3. The van der Waals surface area contributed by atoms with Gasteiger partial charge in [0.25, 0.3) is 0 Å². The van der Waals surface area contributed by atoms with Gasteiger partial charge < -0.3 is 10.6 Å². The molecule has 2 rings (SSSR count). The van der Waals surface area contributed by atoms with Crippen molar-refractivity contribution in [3.8, 4) is 0 Å². The standard InChI is InChI=1S/C15H29N3O/c1-15(2)12-16-9-11-18(15)10-8-14(19)17-13-6-4-3-5-7-13/h13,16H,3-12H2,1-2H3,(H,17,19). The number of nitrogens with zero attached hydrogens (tertiary/aromatic N) is 1. The SMILES string of the molecule is CC1(C)CNCCN1CCC(=O)NC1CCCCC1. The lowest BCUT2D eigenvalue weighted by Gasteiger charge is -2.42. The smallest absolute Gasteiger partial charge is 0.221 e. The van der Waals surface area contributed by atoms with Gasteiger partial charge in [-0.05, 0) is 26.7 Å². The summed E-state index contributed by atoms with van der Waals surface area (Å²) < 4.78 is 0. The van der Waals surface area contributed by atoms with Gasteiger partial charge in [-0.1, -0.05) is 19.3 Å². The van der Waals surface area contributed by atoms with Crippen LogP contribution in [0, 0.1) is 0 Å². The zero-order valence-corrected chi connectivity index (χ0v) is 12.5. The molecule has 1 saturated heterocycles. The number of nitrogens with one attached hydrogen (secondary N) is 2. The molecular weight excluding hydrogens is 238 g/mol. The molecule has 0 radical (unpaired) electrons. The molecule has 0 aromatic rings. The molecule has 1 saturated carbocycles. The average Bonchev–Trinajstić information content (AvgIpc) is 2.38. The largest absolute Gasteiger partial charge is 0.353 e. The molecule has 0 aromatic heterocycles. The van der Waals surface area contributed by atoms with E-state index in [-0.39, 0.29) is 11.4 Å². The second kappa shape index (κ2) is 6.71. The van der Waals surface area contributed by atoms with E-state index in [4.69, 9.17) is 0 Å². The van der Waals surface area contributed by atoms with Crippen molar-refractivity contribution in [3.05, 3.63) is 0 Å². The van der Waals surface area contributed by atoms with Crippen LogP contribution >= 0.6 is 0 Å². The first kappa shape index (κ1) is 14.8. The minimum absolute atomic E-state index is 0.170. The first-order valence-corrected chi connectivity index (χ1v) is 7.83. The third-order valence-corrected chi connectivity index (χ3v) is 4.55. The molecule has 0 spiro atoms. The van der Waals surface area contributed by atoms with Crippen molar-refractivity contribution in [2.45, 2.75) is 64.0 Å². The molecule has 110 valence electrons. The molecule has 0 aromatic carbocycles. The second-order valence-electron chi connectivity index (χ2n) is 6.63. The van der Waals surface area contributed by atoms with Gasteiger partial charge in [-0.2, -0.15) is 0 Å². The van der Waals surface area contributed by atoms with Crippen LogP contribution in [-0.4, -0.2) is 48.6 Å². The lowest BCUT2D eigenvalue weighted by Crippen LogP contribution is -2.58. The van der Waals surface area contributed by atoms with Crippen molar-refractivity contribution in [1.82, 2.24) is 15.5 Å². The summed E-state index contributed by atoms with van der Waals surface area (Å²) in [6.45, 7) is 8.47. The van der Waals surface area contributed by atoms with Gasteiger partial charge in [-0.15, -0.1) is 0 Å². The lowest BCUT2D eigenvalue weighted by atomic mass is 9.95. The van der Waals surface area contributed by atoms with E-state index >= 15 is 0 Å². The fourth-order valence-corrected chi connectivity index (χ4v) is 3.22. The van der Waals surface area contributed by atoms with E-state index in [1.807, 2.05) is 0 Å². The molecule has 0 unspecified atom stereocenters. The molecule has 19 heavy (non-hydrogen) atoms. The van der Waals surface area contributed by atoms with Crippen LogP contribution in [0.4, 0.5) is 0 Å². The molecule has 4 heteroatoms. The summed E-state index contributed by atoms with van der Waals surface area (Å²) in [5.41, 5.74) is 0.170. The average molecular weight is 267 g/mol. The van der Waals surface area contributed by atoms with Crippen LogP contribution in [0.25, 0.3) is 0 Å². The van der Waals surface area contributed by atoms with E-state index < -0.39 is 0 Å². The van der Waals surface area contributed by atoms with Crippen molar-refractivity contribution in [1.29, 1.82) is 0 Å². The summed E-state index contributed by atoms with van der Waals surface area (Å²) in [7, 11) is 0. The van der Waals surface area contributed by atoms with Crippen LogP contribution < -0.4 is 10.6 Å². The van der Waals surface area contributed by atoms with Crippen molar-refractivity contribution in [3.63, 3.8) is 0 Å². The Morgan fingerprint density at radius 3 is 2.74 bits per heavy atom. The number of carbonyl (C=O) groups excluding carboxylic acids is 1. The summed E-state index contributed by atoms with van der Waals surface area (Å²) in [5.74, 6) is 0.237. The predicted octanol–water partition coefficient (Wildman–Crippen LogP) is 1.51. The summed E-state index contributed by atoms with van der Waals surface area (Å²) in [6, 6.07) is 0.442. The minimum Gasteiger partial charge on any atom is -0.353 e. The van der Waals surface area contributed by atoms with Crippen molar-refractivity contribution in [2.75, 3.05) is 26.2 Å². The molecule has 1 aliphatic carbocycles. The summed E-state index contributed by atoms with van der Waals surface area (Å²) >= 11 is 0. The van der Waals surface area contributed by atoms with Gasteiger partial charge in [-0.3, -0.25) is 9.69 Å². The van der Waals surface area contributed by atoms with Crippen molar-refractivity contribution < 1.29 is 4.79 Å². The Morgan fingerprint density at radius 1 is 1.32 bits per heavy atom. The quantitative estimate of drug-likeness (QED) is 0.811. The first-order valence-electron chi connectivity index (χ1n) is 7.83. The third kappa shape index (κ3) is 4.46. The number of rotatable bonds is 4. The van der Waals surface area contributed by atoms with Crippen LogP contribution in [0.15, 0.2) is 0 Å². The van der Waals surface area contributed by atoms with Crippen LogP contribution in [-0.2, 0) is 4.79 Å². The Bertz CT molecular complexity index is 298. The van der Waals surface area contributed by atoms with E-state index in [1.54, 1.807) is 0 Å². The predicted molar refractivity (Wildman–Crippen MR) is 78.2 cm³/mol. The highest BCUT2D eigenvalue weighted by atomic mass is 16.1. The Kier molecular flexibility index (Phi) is 5.22. The molecule has 4 nitrogen and oxygen atoms in total.